The molecule has 0 aliphatic carbocycles. The molecule has 0 saturated heterocycles. The Morgan fingerprint density at radius 2 is 1.86 bits per heavy atom. The fourth-order valence-electron chi connectivity index (χ4n) is 1.72. The molecule has 0 bridgehead atoms. The number of carbonyl (C=O) groups is 1. The Kier molecular flexibility index (Phi) is 5.64. The van der Waals surface area contributed by atoms with E-state index in [0.29, 0.717) is 30.2 Å². The Labute approximate surface area is 139 Å². The maximum absolute atomic E-state index is 12.0. The van der Waals surface area contributed by atoms with Crippen LogP contribution in [0.2, 0.25) is 0 Å². The van der Waals surface area contributed by atoms with E-state index >= 15 is 0 Å². The molecule has 0 aliphatic heterocycles. The van der Waals surface area contributed by atoms with Crippen LogP contribution in [-0.4, -0.2) is 19.1 Å². The molecule has 0 aromatic heterocycles. The smallest absolute Gasteiger partial charge is 0.251 e. The van der Waals surface area contributed by atoms with Gasteiger partial charge in [0.05, 0.1) is 6.54 Å². The number of amides is 1. The lowest BCUT2D eigenvalue weighted by Crippen LogP contribution is -2.28. The normalized spacial score (nSPS) is 10.2. The van der Waals surface area contributed by atoms with Crippen LogP contribution in [-0.2, 0) is 0 Å². The lowest BCUT2D eigenvalue weighted by atomic mass is 10.2. The van der Waals surface area contributed by atoms with Gasteiger partial charge < -0.3 is 15.8 Å². The standard InChI is InChI=1S/C15H14Br2N2O2/c16-11-6-10(7-12(17)8-11)15(20)19-4-5-21-14-3-1-2-13(18)9-14/h1-3,6-9H,4-5,18H2,(H,19,20). The topological polar surface area (TPSA) is 64.3 Å². The maximum atomic E-state index is 12.0. The zero-order valence-corrected chi connectivity index (χ0v) is 14.3. The number of nitrogens with two attached hydrogens (primary N) is 1. The van der Waals surface area contributed by atoms with Crippen molar-refractivity contribution < 1.29 is 9.53 Å². The summed E-state index contributed by atoms with van der Waals surface area (Å²) in [6.45, 7) is 0.794. The number of anilines is 1. The molecule has 21 heavy (non-hydrogen) atoms. The van der Waals surface area contributed by atoms with Crippen molar-refractivity contribution in [2.24, 2.45) is 0 Å². The molecule has 0 unspecified atom stereocenters. The van der Waals surface area contributed by atoms with E-state index < -0.39 is 0 Å². The predicted octanol–water partition coefficient (Wildman–Crippen LogP) is 3.60. The van der Waals surface area contributed by atoms with Gasteiger partial charge in [0.2, 0.25) is 0 Å². The first-order chi connectivity index (χ1) is 10.0. The average Bonchev–Trinajstić information content (AvgIpc) is 2.42. The monoisotopic (exact) mass is 412 g/mol. The molecule has 110 valence electrons. The second-order valence-corrected chi connectivity index (χ2v) is 6.17. The van der Waals surface area contributed by atoms with Crippen LogP contribution in [0.1, 0.15) is 10.4 Å². The van der Waals surface area contributed by atoms with E-state index in [4.69, 9.17) is 10.5 Å². The highest BCUT2D eigenvalue weighted by Crippen LogP contribution is 2.20. The third kappa shape index (κ3) is 5.06. The number of carbonyl (C=O) groups excluding carboxylic acids is 1. The van der Waals surface area contributed by atoms with Gasteiger partial charge in [-0.15, -0.1) is 0 Å². The average molecular weight is 414 g/mol. The molecule has 0 atom stereocenters. The van der Waals surface area contributed by atoms with Crippen LogP contribution >= 0.6 is 31.9 Å². The summed E-state index contributed by atoms with van der Waals surface area (Å²) in [6.07, 6.45) is 0. The fourth-order valence-corrected chi connectivity index (χ4v) is 3.02. The largest absolute Gasteiger partial charge is 0.492 e. The van der Waals surface area contributed by atoms with Crippen molar-refractivity contribution in [3.63, 3.8) is 0 Å². The summed E-state index contributed by atoms with van der Waals surface area (Å²) in [4.78, 5) is 12.0. The van der Waals surface area contributed by atoms with E-state index in [0.717, 1.165) is 8.95 Å². The highest BCUT2D eigenvalue weighted by Gasteiger charge is 2.07. The van der Waals surface area contributed by atoms with Gasteiger partial charge in [0.1, 0.15) is 12.4 Å². The van der Waals surface area contributed by atoms with Crippen LogP contribution < -0.4 is 15.8 Å². The molecule has 1 amide bonds. The Balaban J connectivity index is 1.82. The maximum Gasteiger partial charge on any atom is 0.251 e. The molecule has 0 fully saturated rings. The number of hydrogen-bond acceptors (Lipinski definition) is 3. The summed E-state index contributed by atoms with van der Waals surface area (Å²) >= 11 is 6.71. The van der Waals surface area contributed by atoms with Crippen molar-refractivity contribution in [3.8, 4) is 5.75 Å². The summed E-state index contributed by atoms with van der Waals surface area (Å²) in [7, 11) is 0. The van der Waals surface area contributed by atoms with Crippen molar-refractivity contribution in [2.45, 2.75) is 0 Å². The molecule has 2 rings (SSSR count). The Hall–Kier alpha value is -1.53. The number of halogens is 2. The predicted molar refractivity (Wildman–Crippen MR) is 90.5 cm³/mol. The minimum absolute atomic E-state index is 0.145. The van der Waals surface area contributed by atoms with Crippen molar-refractivity contribution in [1.29, 1.82) is 0 Å². The molecule has 0 radical (unpaired) electrons. The molecule has 2 aromatic rings. The van der Waals surface area contributed by atoms with Gasteiger partial charge in [0, 0.05) is 26.3 Å². The third-order valence-electron chi connectivity index (χ3n) is 2.64. The molecule has 0 saturated carbocycles. The molecule has 3 N–H and O–H groups in total. The lowest BCUT2D eigenvalue weighted by molar-refractivity contribution is 0.0947. The fraction of sp³-hybridized carbons (Fsp3) is 0.133. The van der Waals surface area contributed by atoms with Crippen LogP contribution in [0, 0.1) is 0 Å². The lowest BCUT2D eigenvalue weighted by Gasteiger charge is -2.08. The summed E-state index contributed by atoms with van der Waals surface area (Å²) < 4.78 is 7.20. The summed E-state index contributed by atoms with van der Waals surface area (Å²) in [5.41, 5.74) is 6.89. The second kappa shape index (κ2) is 7.47. The molecule has 6 heteroatoms. The Bertz CT molecular complexity index is 627. The second-order valence-electron chi connectivity index (χ2n) is 4.33. The van der Waals surface area contributed by atoms with E-state index in [9.17, 15) is 4.79 Å². The number of nitrogen functional groups attached to an aromatic ring is 1. The van der Waals surface area contributed by atoms with Gasteiger partial charge in [-0.3, -0.25) is 4.79 Å². The molecular formula is C15H14Br2N2O2. The molecule has 4 nitrogen and oxygen atoms in total. The number of ether oxygens (including phenoxy) is 1. The van der Waals surface area contributed by atoms with E-state index in [1.807, 2.05) is 18.2 Å². The zero-order valence-electron chi connectivity index (χ0n) is 11.1. The van der Waals surface area contributed by atoms with E-state index in [1.165, 1.54) is 0 Å². The van der Waals surface area contributed by atoms with Gasteiger partial charge in [-0.05, 0) is 30.3 Å². The van der Waals surface area contributed by atoms with Crippen molar-refractivity contribution in [3.05, 3.63) is 57.0 Å². The third-order valence-corrected chi connectivity index (χ3v) is 3.55. The molecule has 0 aliphatic rings. The molecule has 0 heterocycles. The van der Waals surface area contributed by atoms with Crippen LogP contribution in [0.4, 0.5) is 5.69 Å². The quantitative estimate of drug-likeness (QED) is 0.581. The summed E-state index contributed by atoms with van der Waals surface area (Å²) in [5, 5.41) is 2.80. The van der Waals surface area contributed by atoms with E-state index in [1.54, 1.807) is 24.3 Å². The minimum atomic E-state index is -0.145. The van der Waals surface area contributed by atoms with Gasteiger partial charge in [0.25, 0.3) is 5.91 Å². The van der Waals surface area contributed by atoms with Crippen molar-refractivity contribution >= 4 is 43.5 Å². The number of rotatable bonds is 5. The number of hydrogen-bond donors (Lipinski definition) is 2. The highest BCUT2D eigenvalue weighted by molar-refractivity contribution is 9.11. The zero-order chi connectivity index (χ0) is 15.2. The first-order valence-corrected chi connectivity index (χ1v) is 7.86. The van der Waals surface area contributed by atoms with Crippen LogP contribution in [0.25, 0.3) is 0 Å². The Morgan fingerprint density at radius 3 is 2.52 bits per heavy atom. The van der Waals surface area contributed by atoms with Gasteiger partial charge in [-0.1, -0.05) is 37.9 Å². The van der Waals surface area contributed by atoms with Crippen LogP contribution in [0.15, 0.2) is 51.4 Å². The van der Waals surface area contributed by atoms with Crippen molar-refractivity contribution in [2.75, 3.05) is 18.9 Å². The van der Waals surface area contributed by atoms with Gasteiger partial charge in [-0.2, -0.15) is 0 Å². The van der Waals surface area contributed by atoms with Crippen LogP contribution in [0.5, 0.6) is 5.75 Å². The summed E-state index contributed by atoms with van der Waals surface area (Å²) in [5.74, 6) is 0.544. The molecule has 2 aromatic carbocycles. The van der Waals surface area contributed by atoms with Gasteiger partial charge in [-0.25, -0.2) is 0 Å². The van der Waals surface area contributed by atoms with Crippen LogP contribution in [0.3, 0.4) is 0 Å². The first kappa shape index (κ1) is 15.9. The van der Waals surface area contributed by atoms with E-state index in [-0.39, 0.29) is 5.91 Å². The minimum Gasteiger partial charge on any atom is -0.492 e. The number of nitrogens with one attached hydrogen (secondary N) is 1. The first-order valence-electron chi connectivity index (χ1n) is 6.27. The SMILES string of the molecule is Nc1cccc(OCCNC(=O)c2cc(Br)cc(Br)c2)c1. The summed E-state index contributed by atoms with van der Waals surface area (Å²) in [6, 6.07) is 12.6. The highest BCUT2D eigenvalue weighted by atomic mass is 79.9. The van der Waals surface area contributed by atoms with Gasteiger partial charge in [0.15, 0.2) is 0 Å². The molecular weight excluding hydrogens is 400 g/mol. The van der Waals surface area contributed by atoms with Gasteiger partial charge >= 0.3 is 0 Å². The Morgan fingerprint density at radius 1 is 1.14 bits per heavy atom. The van der Waals surface area contributed by atoms with Crippen molar-refractivity contribution in [1.82, 2.24) is 5.32 Å². The van der Waals surface area contributed by atoms with E-state index in [2.05, 4.69) is 37.2 Å². The number of benzene rings is 2. The molecule has 0 spiro atoms.